The van der Waals surface area contributed by atoms with E-state index in [-0.39, 0.29) is 0 Å². The van der Waals surface area contributed by atoms with E-state index in [1.807, 2.05) is 11.3 Å². The number of nitrogens with one attached hydrogen (secondary N) is 1. The molecular weight excluding hydrogens is 380 g/mol. The topological polar surface area (TPSA) is 50.3 Å². The molecule has 3 aromatic rings. The van der Waals surface area contributed by atoms with E-state index < -0.39 is 0 Å². The van der Waals surface area contributed by atoms with Crippen LogP contribution in [0, 0.1) is 5.92 Å². The highest BCUT2D eigenvalue weighted by atomic mass is 32.1. The highest BCUT2D eigenvalue weighted by Crippen LogP contribution is 2.39. The monoisotopic (exact) mass is 408 g/mol. The van der Waals surface area contributed by atoms with Crippen LogP contribution in [0.5, 0.6) is 0 Å². The first-order valence-electron chi connectivity index (χ1n) is 10.6. The lowest BCUT2D eigenvalue weighted by Crippen LogP contribution is -2.35. The average molecular weight is 409 g/mol. The standard InChI is InChI=1S/C23H28N4OS/c1-16-6-7-19-20(12-16)29-23-21(19)22(25-15-26-23)24-13-17-4-2-3-5-18(17)14-27-8-10-28-11-9-27/h2-5,15-16H,6-14H2,1H3,(H,24,25,26)/t16-/m0/s1. The van der Waals surface area contributed by atoms with Crippen LogP contribution < -0.4 is 5.32 Å². The van der Waals surface area contributed by atoms with Gasteiger partial charge in [-0.2, -0.15) is 0 Å². The van der Waals surface area contributed by atoms with Gasteiger partial charge in [0.25, 0.3) is 0 Å². The van der Waals surface area contributed by atoms with Gasteiger partial charge < -0.3 is 10.1 Å². The number of hydrogen-bond donors (Lipinski definition) is 1. The number of anilines is 1. The van der Waals surface area contributed by atoms with Gasteiger partial charge in [0.05, 0.1) is 18.6 Å². The van der Waals surface area contributed by atoms with E-state index in [0.717, 1.165) is 62.4 Å². The first kappa shape index (κ1) is 19.0. The van der Waals surface area contributed by atoms with Gasteiger partial charge in [-0.1, -0.05) is 31.2 Å². The zero-order valence-corrected chi connectivity index (χ0v) is 17.8. The van der Waals surface area contributed by atoms with E-state index in [9.17, 15) is 0 Å². The number of fused-ring (bicyclic) bond motifs is 3. The number of benzene rings is 1. The Balaban J connectivity index is 1.37. The van der Waals surface area contributed by atoms with Gasteiger partial charge >= 0.3 is 0 Å². The fraction of sp³-hybridized carbons (Fsp3) is 0.478. The summed E-state index contributed by atoms with van der Waals surface area (Å²) in [7, 11) is 0. The molecule has 29 heavy (non-hydrogen) atoms. The van der Waals surface area contributed by atoms with E-state index in [1.165, 1.54) is 39.8 Å². The summed E-state index contributed by atoms with van der Waals surface area (Å²) in [6, 6.07) is 8.74. The molecule has 5 rings (SSSR count). The number of nitrogens with zero attached hydrogens (tertiary/aromatic N) is 3. The second-order valence-electron chi connectivity index (χ2n) is 8.26. The first-order valence-corrected chi connectivity index (χ1v) is 11.5. The second-order valence-corrected chi connectivity index (χ2v) is 9.35. The number of aromatic nitrogens is 2. The number of hydrogen-bond acceptors (Lipinski definition) is 6. The smallest absolute Gasteiger partial charge is 0.138 e. The highest BCUT2D eigenvalue weighted by molar-refractivity contribution is 7.19. The Morgan fingerprint density at radius 2 is 2.00 bits per heavy atom. The van der Waals surface area contributed by atoms with Crippen LogP contribution in [-0.2, 0) is 30.7 Å². The molecule has 1 saturated heterocycles. The Morgan fingerprint density at radius 3 is 2.86 bits per heavy atom. The third kappa shape index (κ3) is 4.02. The maximum atomic E-state index is 5.49. The molecule has 1 aliphatic heterocycles. The summed E-state index contributed by atoms with van der Waals surface area (Å²) in [6.07, 6.45) is 5.29. The van der Waals surface area contributed by atoms with Crippen LogP contribution in [0.4, 0.5) is 5.82 Å². The van der Waals surface area contributed by atoms with Gasteiger partial charge in [-0.3, -0.25) is 4.90 Å². The summed E-state index contributed by atoms with van der Waals surface area (Å²) < 4.78 is 5.49. The molecule has 0 radical (unpaired) electrons. The van der Waals surface area contributed by atoms with Crippen LogP contribution in [0.15, 0.2) is 30.6 Å². The van der Waals surface area contributed by atoms with Gasteiger partial charge in [0, 0.05) is 31.1 Å². The average Bonchev–Trinajstić information content (AvgIpc) is 3.12. The molecule has 152 valence electrons. The minimum absolute atomic E-state index is 0.770. The second kappa shape index (κ2) is 8.38. The van der Waals surface area contributed by atoms with Crippen LogP contribution in [0.1, 0.15) is 34.9 Å². The maximum Gasteiger partial charge on any atom is 0.138 e. The molecule has 2 aliphatic rings. The van der Waals surface area contributed by atoms with Crippen LogP contribution in [0.25, 0.3) is 10.2 Å². The van der Waals surface area contributed by atoms with Crippen molar-refractivity contribution in [3.8, 4) is 0 Å². The van der Waals surface area contributed by atoms with Crippen molar-refractivity contribution in [3.05, 3.63) is 52.2 Å². The van der Waals surface area contributed by atoms with Gasteiger partial charge in [0.2, 0.25) is 0 Å². The quantitative estimate of drug-likeness (QED) is 0.684. The fourth-order valence-electron chi connectivity index (χ4n) is 4.47. The number of rotatable bonds is 5. The summed E-state index contributed by atoms with van der Waals surface area (Å²) in [5.41, 5.74) is 4.20. The number of ether oxygens (including phenoxy) is 1. The SMILES string of the molecule is C[C@H]1CCc2c(sc3ncnc(NCc4ccccc4CN4CCOCC4)c23)C1. The van der Waals surface area contributed by atoms with Gasteiger partial charge in [0.1, 0.15) is 17.0 Å². The molecule has 1 fully saturated rings. The zero-order chi connectivity index (χ0) is 19.6. The summed E-state index contributed by atoms with van der Waals surface area (Å²) in [4.78, 5) is 14.3. The minimum atomic E-state index is 0.770. The molecule has 1 N–H and O–H groups in total. The van der Waals surface area contributed by atoms with Crippen molar-refractivity contribution in [2.75, 3.05) is 31.6 Å². The van der Waals surface area contributed by atoms with E-state index in [2.05, 4.69) is 51.4 Å². The Labute approximate surface area is 176 Å². The number of morpholine rings is 1. The van der Waals surface area contributed by atoms with Crippen molar-refractivity contribution in [1.82, 2.24) is 14.9 Å². The maximum absolute atomic E-state index is 5.49. The Hall–Kier alpha value is -2.02. The van der Waals surface area contributed by atoms with Crippen molar-refractivity contribution in [2.45, 2.75) is 39.3 Å². The zero-order valence-electron chi connectivity index (χ0n) is 17.0. The fourth-order valence-corrected chi connectivity index (χ4v) is 5.82. The predicted molar refractivity (Wildman–Crippen MR) is 118 cm³/mol. The van der Waals surface area contributed by atoms with E-state index in [0.29, 0.717) is 0 Å². The molecule has 6 heteroatoms. The molecule has 0 unspecified atom stereocenters. The molecule has 0 saturated carbocycles. The minimum Gasteiger partial charge on any atom is -0.379 e. The first-order chi connectivity index (χ1) is 14.3. The molecule has 0 spiro atoms. The number of aryl methyl sites for hydroxylation is 1. The van der Waals surface area contributed by atoms with Gasteiger partial charge in [-0.25, -0.2) is 9.97 Å². The number of thiophene rings is 1. The molecule has 5 nitrogen and oxygen atoms in total. The van der Waals surface area contributed by atoms with E-state index in [1.54, 1.807) is 6.33 Å². The molecule has 1 aliphatic carbocycles. The molecule has 1 aromatic carbocycles. The Kier molecular flexibility index (Phi) is 5.48. The lowest BCUT2D eigenvalue weighted by molar-refractivity contribution is 0.0341. The lowest BCUT2D eigenvalue weighted by atomic mass is 9.89. The normalized spacial score (nSPS) is 20.0. The van der Waals surface area contributed by atoms with Crippen LogP contribution >= 0.6 is 11.3 Å². The van der Waals surface area contributed by atoms with Crippen molar-refractivity contribution in [3.63, 3.8) is 0 Å². The van der Waals surface area contributed by atoms with Crippen LogP contribution in [0.2, 0.25) is 0 Å². The molecule has 1 atom stereocenters. The highest BCUT2D eigenvalue weighted by Gasteiger charge is 2.23. The Morgan fingerprint density at radius 1 is 1.17 bits per heavy atom. The molecule has 3 heterocycles. The molecular formula is C23H28N4OS. The summed E-state index contributed by atoms with van der Waals surface area (Å²) >= 11 is 1.86. The van der Waals surface area contributed by atoms with Gasteiger partial charge in [-0.15, -0.1) is 11.3 Å². The molecule has 0 bridgehead atoms. The predicted octanol–water partition coefficient (Wildman–Crippen LogP) is 4.26. The van der Waals surface area contributed by atoms with Gasteiger partial charge in [-0.05, 0) is 41.9 Å². The van der Waals surface area contributed by atoms with E-state index in [4.69, 9.17) is 4.74 Å². The lowest BCUT2D eigenvalue weighted by Gasteiger charge is -2.27. The summed E-state index contributed by atoms with van der Waals surface area (Å²) in [5.74, 6) is 1.76. The molecule has 0 amide bonds. The Bertz CT molecular complexity index is 996. The van der Waals surface area contributed by atoms with Crippen LogP contribution in [-0.4, -0.2) is 41.2 Å². The van der Waals surface area contributed by atoms with Crippen molar-refractivity contribution in [1.29, 1.82) is 0 Å². The van der Waals surface area contributed by atoms with Crippen molar-refractivity contribution >= 4 is 27.4 Å². The van der Waals surface area contributed by atoms with Crippen LogP contribution in [0.3, 0.4) is 0 Å². The van der Waals surface area contributed by atoms with Crippen molar-refractivity contribution < 1.29 is 4.74 Å². The summed E-state index contributed by atoms with van der Waals surface area (Å²) in [5, 5.41) is 4.90. The van der Waals surface area contributed by atoms with E-state index >= 15 is 0 Å². The summed E-state index contributed by atoms with van der Waals surface area (Å²) in [6.45, 7) is 7.80. The van der Waals surface area contributed by atoms with Crippen molar-refractivity contribution in [2.24, 2.45) is 5.92 Å². The molecule has 2 aromatic heterocycles. The third-order valence-electron chi connectivity index (χ3n) is 6.15. The van der Waals surface area contributed by atoms with Gasteiger partial charge in [0.15, 0.2) is 0 Å². The largest absolute Gasteiger partial charge is 0.379 e. The third-order valence-corrected chi connectivity index (χ3v) is 7.32.